The van der Waals surface area contributed by atoms with Gasteiger partial charge in [-0.2, -0.15) is 10.1 Å². The number of hydrazone groups is 1. The first-order valence-corrected chi connectivity index (χ1v) is 12.8. The van der Waals surface area contributed by atoms with Crippen molar-refractivity contribution in [3.63, 3.8) is 0 Å². The molecule has 0 aliphatic carbocycles. The molecule has 0 radical (unpaired) electrons. The number of anilines is 1. The van der Waals surface area contributed by atoms with Crippen LogP contribution in [0.4, 0.5) is 27.6 Å². The Balaban J connectivity index is 1.72. The number of benzene rings is 3. The SMILES string of the molecule is C=CCc1cc(/C=C2/C(=O)N(c3c(F)c(F)c(F)c(F)c3F)N=C2C)cc(OCC)c1OCc1ccc(Br)cc1. The third-order valence-corrected chi connectivity index (χ3v) is 6.42. The van der Waals surface area contributed by atoms with E-state index >= 15 is 0 Å². The van der Waals surface area contributed by atoms with E-state index in [2.05, 4.69) is 27.6 Å². The van der Waals surface area contributed by atoms with Crippen LogP contribution in [0, 0.1) is 29.1 Å². The molecular formula is C29H22BrF5N2O3. The van der Waals surface area contributed by atoms with Crippen LogP contribution in [0.15, 0.2) is 64.2 Å². The second-order valence-electron chi connectivity index (χ2n) is 8.63. The predicted molar refractivity (Wildman–Crippen MR) is 145 cm³/mol. The predicted octanol–water partition coefficient (Wildman–Crippen LogP) is 7.66. The quantitative estimate of drug-likeness (QED) is 0.0811. The lowest BCUT2D eigenvalue weighted by Crippen LogP contribution is -2.25. The fourth-order valence-electron chi connectivity index (χ4n) is 4.02. The average molecular weight is 621 g/mol. The maximum Gasteiger partial charge on any atom is 0.280 e. The molecule has 208 valence electrons. The number of ether oxygens (including phenoxy) is 2. The summed E-state index contributed by atoms with van der Waals surface area (Å²) in [7, 11) is 0. The standard InChI is InChI=1S/C29H22BrF5N2O3/c1-4-6-18-11-17(13-21(39-5-2)28(18)40-14-16-7-9-19(30)10-8-16)12-20-15(3)36-37(29(20)38)27-25(34)23(32)22(31)24(33)26(27)35/h4,7-13H,1,5-6,14H2,2-3H3/b20-12+. The Morgan fingerprint density at radius 1 is 0.975 bits per heavy atom. The van der Waals surface area contributed by atoms with Crippen LogP contribution in [0.1, 0.15) is 30.5 Å². The van der Waals surface area contributed by atoms with Crippen molar-refractivity contribution in [1.82, 2.24) is 0 Å². The van der Waals surface area contributed by atoms with Crippen molar-refractivity contribution in [3.8, 4) is 11.5 Å². The second-order valence-corrected chi connectivity index (χ2v) is 9.54. The first-order valence-electron chi connectivity index (χ1n) is 12.0. The van der Waals surface area contributed by atoms with Gasteiger partial charge < -0.3 is 9.47 Å². The lowest BCUT2D eigenvalue weighted by molar-refractivity contribution is -0.114. The van der Waals surface area contributed by atoms with Crippen molar-refractivity contribution in [1.29, 1.82) is 0 Å². The lowest BCUT2D eigenvalue weighted by Gasteiger charge is -2.17. The highest BCUT2D eigenvalue weighted by Crippen LogP contribution is 2.37. The molecule has 5 nitrogen and oxygen atoms in total. The fraction of sp³-hybridized carbons (Fsp3) is 0.172. The molecule has 3 aromatic carbocycles. The van der Waals surface area contributed by atoms with E-state index in [4.69, 9.17) is 9.47 Å². The zero-order valence-electron chi connectivity index (χ0n) is 21.3. The van der Waals surface area contributed by atoms with Gasteiger partial charge >= 0.3 is 0 Å². The minimum Gasteiger partial charge on any atom is -0.490 e. The van der Waals surface area contributed by atoms with Crippen molar-refractivity contribution in [2.45, 2.75) is 26.9 Å². The van der Waals surface area contributed by atoms with Gasteiger partial charge in [0, 0.05) is 10.0 Å². The minimum absolute atomic E-state index is 0.00716. The molecule has 0 unspecified atom stereocenters. The highest BCUT2D eigenvalue weighted by molar-refractivity contribution is 9.10. The van der Waals surface area contributed by atoms with Gasteiger partial charge in [0.1, 0.15) is 12.3 Å². The monoisotopic (exact) mass is 620 g/mol. The molecule has 0 saturated heterocycles. The molecular weight excluding hydrogens is 599 g/mol. The van der Waals surface area contributed by atoms with Gasteiger partial charge in [-0.15, -0.1) is 6.58 Å². The lowest BCUT2D eigenvalue weighted by atomic mass is 10.0. The number of carbonyl (C=O) groups is 1. The van der Waals surface area contributed by atoms with E-state index in [1.165, 1.54) is 13.0 Å². The Morgan fingerprint density at radius 2 is 1.60 bits per heavy atom. The van der Waals surface area contributed by atoms with Gasteiger partial charge in [0.25, 0.3) is 5.91 Å². The van der Waals surface area contributed by atoms with E-state index in [-0.39, 0.29) is 22.9 Å². The smallest absolute Gasteiger partial charge is 0.280 e. The third-order valence-electron chi connectivity index (χ3n) is 5.89. The van der Waals surface area contributed by atoms with Crippen molar-refractivity contribution in [2.24, 2.45) is 5.10 Å². The Labute approximate surface area is 235 Å². The van der Waals surface area contributed by atoms with E-state index in [1.54, 1.807) is 25.1 Å². The molecule has 0 saturated carbocycles. The van der Waals surface area contributed by atoms with Gasteiger partial charge in [0.05, 0.1) is 17.9 Å². The molecule has 0 fully saturated rings. The van der Waals surface area contributed by atoms with Gasteiger partial charge in [-0.25, -0.2) is 22.0 Å². The topological polar surface area (TPSA) is 51.1 Å². The number of hydrogen-bond acceptors (Lipinski definition) is 4. The van der Waals surface area contributed by atoms with E-state index in [0.29, 0.717) is 35.7 Å². The van der Waals surface area contributed by atoms with Gasteiger partial charge in [-0.05, 0) is 61.7 Å². The summed E-state index contributed by atoms with van der Waals surface area (Å²) < 4.78 is 82.7. The van der Waals surface area contributed by atoms with Crippen molar-refractivity contribution >= 4 is 39.3 Å². The van der Waals surface area contributed by atoms with E-state index in [9.17, 15) is 26.7 Å². The van der Waals surface area contributed by atoms with E-state index < -0.39 is 40.7 Å². The summed E-state index contributed by atoms with van der Waals surface area (Å²) in [4.78, 5) is 13.1. The molecule has 1 heterocycles. The number of amides is 1. The zero-order chi connectivity index (χ0) is 29.1. The largest absolute Gasteiger partial charge is 0.490 e. The molecule has 4 rings (SSSR count). The highest BCUT2D eigenvalue weighted by Gasteiger charge is 2.37. The van der Waals surface area contributed by atoms with Crippen molar-refractivity contribution < 1.29 is 36.2 Å². The van der Waals surface area contributed by atoms with Crippen LogP contribution in [-0.4, -0.2) is 18.2 Å². The summed E-state index contributed by atoms with van der Waals surface area (Å²) in [5.41, 5.74) is 0.489. The molecule has 0 aromatic heterocycles. The molecule has 1 aliphatic rings. The first-order chi connectivity index (χ1) is 19.1. The molecule has 3 aromatic rings. The van der Waals surface area contributed by atoms with Crippen LogP contribution in [0.2, 0.25) is 0 Å². The summed E-state index contributed by atoms with van der Waals surface area (Å²) in [5.74, 6) is -11.2. The molecule has 0 spiro atoms. The molecule has 1 aliphatic heterocycles. The Hall–Kier alpha value is -3.99. The van der Waals surface area contributed by atoms with Crippen LogP contribution < -0.4 is 14.5 Å². The number of nitrogens with zero attached hydrogens (tertiary/aromatic N) is 2. The first kappa shape index (κ1) is 29.0. The fourth-order valence-corrected chi connectivity index (χ4v) is 4.28. The number of allylic oxidation sites excluding steroid dienone is 1. The Morgan fingerprint density at radius 3 is 2.20 bits per heavy atom. The van der Waals surface area contributed by atoms with Gasteiger partial charge in [-0.1, -0.05) is 34.1 Å². The summed E-state index contributed by atoms with van der Waals surface area (Å²) in [6.07, 6.45) is 3.43. The number of carbonyl (C=O) groups excluding carboxylic acids is 1. The summed E-state index contributed by atoms with van der Waals surface area (Å²) >= 11 is 3.39. The number of rotatable bonds is 9. The van der Waals surface area contributed by atoms with Crippen molar-refractivity contribution in [2.75, 3.05) is 11.6 Å². The normalized spacial score (nSPS) is 14.1. The Kier molecular flexibility index (Phi) is 8.73. The Bertz CT molecular complexity index is 1530. The van der Waals surface area contributed by atoms with E-state index in [0.717, 1.165) is 10.0 Å². The minimum atomic E-state index is -2.33. The van der Waals surface area contributed by atoms with Crippen LogP contribution in [0.25, 0.3) is 6.08 Å². The number of halogens is 6. The maximum absolute atomic E-state index is 14.4. The third kappa shape index (κ3) is 5.65. The highest BCUT2D eigenvalue weighted by atomic mass is 79.9. The summed E-state index contributed by atoms with van der Waals surface area (Å²) in [5, 5.41) is 3.94. The maximum atomic E-state index is 14.4. The molecule has 0 N–H and O–H groups in total. The van der Waals surface area contributed by atoms with E-state index in [1.807, 2.05) is 24.3 Å². The second kappa shape index (κ2) is 12.0. The van der Waals surface area contributed by atoms with Crippen LogP contribution >= 0.6 is 15.9 Å². The molecule has 0 bridgehead atoms. The molecule has 11 heteroatoms. The zero-order valence-corrected chi connectivity index (χ0v) is 22.9. The summed E-state index contributed by atoms with van der Waals surface area (Å²) in [6, 6.07) is 10.9. The van der Waals surface area contributed by atoms with Gasteiger partial charge in [0.15, 0.2) is 34.8 Å². The van der Waals surface area contributed by atoms with Gasteiger partial charge in [-0.3, -0.25) is 4.79 Å². The summed E-state index contributed by atoms with van der Waals surface area (Å²) in [6.45, 7) is 7.49. The molecule has 40 heavy (non-hydrogen) atoms. The van der Waals surface area contributed by atoms with Crippen LogP contribution in [0.3, 0.4) is 0 Å². The van der Waals surface area contributed by atoms with Crippen molar-refractivity contribution in [3.05, 3.63) is 105 Å². The average Bonchev–Trinajstić information content (AvgIpc) is 3.20. The van der Waals surface area contributed by atoms with Gasteiger partial charge in [0.2, 0.25) is 5.82 Å². The molecule has 0 atom stereocenters. The number of hydrogen-bond donors (Lipinski definition) is 0. The van der Waals surface area contributed by atoms with Crippen LogP contribution in [-0.2, 0) is 17.8 Å². The van der Waals surface area contributed by atoms with Crippen LogP contribution in [0.5, 0.6) is 11.5 Å². The molecule has 1 amide bonds.